The van der Waals surface area contributed by atoms with Crippen LogP contribution in [0.4, 0.5) is 4.79 Å². The number of likely N-dealkylation sites (tertiary alicyclic amines) is 1. The molecule has 0 N–H and O–H groups in total. The summed E-state index contributed by atoms with van der Waals surface area (Å²) in [5, 5.41) is 0. The molecule has 0 saturated carbocycles. The minimum Gasteiger partial charge on any atom is -0.324 e. The van der Waals surface area contributed by atoms with Gasteiger partial charge in [-0.2, -0.15) is 0 Å². The molecular formula is C19H19N3O. The van der Waals surface area contributed by atoms with Crippen molar-refractivity contribution in [3.63, 3.8) is 0 Å². The Kier molecular flexibility index (Phi) is 3.37. The number of hydrogen-bond donors (Lipinski definition) is 0. The highest BCUT2D eigenvalue weighted by atomic mass is 16.2. The van der Waals surface area contributed by atoms with E-state index in [2.05, 4.69) is 31.2 Å². The molecule has 0 spiro atoms. The molecule has 0 atom stereocenters. The molecule has 1 aromatic carbocycles. The van der Waals surface area contributed by atoms with Crippen molar-refractivity contribution in [1.29, 1.82) is 0 Å². The Bertz CT molecular complexity index is 813. The molecule has 4 nitrogen and oxygen atoms in total. The van der Waals surface area contributed by atoms with Crippen molar-refractivity contribution in [2.75, 3.05) is 13.1 Å². The highest BCUT2D eigenvalue weighted by Crippen LogP contribution is 2.29. The number of pyridine rings is 1. The van der Waals surface area contributed by atoms with Crippen molar-refractivity contribution >= 4 is 6.03 Å². The molecule has 4 rings (SSSR count). The van der Waals surface area contributed by atoms with E-state index in [4.69, 9.17) is 4.98 Å². The van der Waals surface area contributed by atoms with Gasteiger partial charge in [0, 0.05) is 30.4 Å². The van der Waals surface area contributed by atoms with E-state index >= 15 is 0 Å². The molecule has 4 heteroatoms. The lowest BCUT2D eigenvalue weighted by atomic mass is 10.1. The SMILES string of the molecule is Cc1ccc(-c2cc3cccn(C(=O)N4CCCC4)c-3n2)cc1. The number of hydrogen-bond acceptors (Lipinski definition) is 2. The molecule has 3 aliphatic heterocycles. The number of benzene rings is 1. The van der Waals surface area contributed by atoms with Crippen LogP contribution >= 0.6 is 0 Å². The molecule has 116 valence electrons. The predicted octanol–water partition coefficient (Wildman–Crippen LogP) is 4.03. The first-order chi connectivity index (χ1) is 11.2. The molecule has 1 fully saturated rings. The molecule has 0 aliphatic carbocycles. The second-order valence-corrected chi connectivity index (χ2v) is 6.14. The lowest BCUT2D eigenvalue weighted by Crippen LogP contribution is -2.32. The van der Waals surface area contributed by atoms with Gasteiger partial charge in [0.1, 0.15) is 5.82 Å². The van der Waals surface area contributed by atoms with Gasteiger partial charge >= 0.3 is 6.03 Å². The quantitative estimate of drug-likeness (QED) is 0.681. The van der Waals surface area contributed by atoms with E-state index in [1.54, 1.807) is 4.57 Å². The Balaban J connectivity index is 1.76. The van der Waals surface area contributed by atoms with Crippen LogP contribution in [0, 0.1) is 6.92 Å². The van der Waals surface area contributed by atoms with Gasteiger partial charge in [-0.05, 0) is 38.0 Å². The third kappa shape index (κ3) is 2.50. The standard InChI is InChI=1S/C19H19N3O/c1-14-6-8-15(9-7-14)17-13-16-5-4-12-22(18(16)20-17)19(23)21-10-2-3-11-21/h4-9,12-13H,2-3,10-11H2,1H3. The van der Waals surface area contributed by atoms with Crippen molar-refractivity contribution in [1.82, 2.24) is 14.5 Å². The van der Waals surface area contributed by atoms with Gasteiger partial charge in [0.25, 0.3) is 0 Å². The van der Waals surface area contributed by atoms with E-state index in [0.29, 0.717) is 0 Å². The van der Waals surface area contributed by atoms with Crippen LogP contribution in [0.2, 0.25) is 0 Å². The second-order valence-electron chi connectivity index (χ2n) is 6.14. The van der Waals surface area contributed by atoms with Crippen LogP contribution in [0.15, 0.2) is 48.7 Å². The van der Waals surface area contributed by atoms with Crippen LogP contribution in [-0.4, -0.2) is 33.6 Å². The Labute approximate surface area is 135 Å². The largest absolute Gasteiger partial charge is 0.329 e. The summed E-state index contributed by atoms with van der Waals surface area (Å²) >= 11 is 0. The van der Waals surface area contributed by atoms with E-state index in [0.717, 1.165) is 48.6 Å². The molecule has 0 unspecified atom stereocenters. The summed E-state index contributed by atoms with van der Waals surface area (Å²) in [6.07, 6.45) is 3.99. The van der Waals surface area contributed by atoms with E-state index < -0.39 is 0 Å². The summed E-state index contributed by atoms with van der Waals surface area (Å²) in [5.41, 5.74) is 4.21. The molecule has 1 aromatic rings. The fraction of sp³-hybridized carbons (Fsp3) is 0.263. The van der Waals surface area contributed by atoms with Gasteiger partial charge in [0.05, 0.1) is 5.69 Å². The smallest absolute Gasteiger partial charge is 0.324 e. The van der Waals surface area contributed by atoms with Crippen LogP contribution in [0.5, 0.6) is 0 Å². The van der Waals surface area contributed by atoms with Gasteiger partial charge in [-0.3, -0.25) is 4.57 Å². The number of amides is 1. The van der Waals surface area contributed by atoms with E-state index in [9.17, 15) is 4.79 Å². The van der Waals surface area contributed by atoms with Gasteiger partial charge in [0.15, 0.2) is 0 Å². The number of aryl methyl sites for hydroxylation is 1. The summed E-state index contributed by atoms with van der Waals surface area (Å²) in [6, 6.07) is 14.3. The Hall–Kier alpha value is -2.62. The van der Waals surface area contributed by atoms with Crippen molar-refractivity contribution in [3.8, 4) is 22.6 Å². The lowest BCUT2D eigenvalue weighted by molar-refractivity contribution is 0.210. The molecule has 1 saturated heterocycles. The van der Waals surface area contributed by atoms with E-state index in [-0.39, 0.29) is 6.03 Å². The molecule has 0 bridgehead atoms. The van der Waals surface area contributed by atoms with E-state index in [1.807, 2.05) is 29.3 Å². The van der Waals surface area contributed by atoms with Crippen molar-refractivity contribution < 1.29 is 4.79 Å². The van der Waals surface area contributed by atoms with Crippen LogP contribution in [0.3, 0.4) is 0 Å². The molecule has 1 amide bonds. The number of aromatic nitrogens is 2. The zero-order valence-corrected chi connectivity index (χ0v) is 13.2. The van der Waals surface area contributed by atoms with Crippen LogP contribution in [0.1, 0.15) is 18.4 Å². The summed E-state index contributed by atoms with van der Waals surface area (Å²) < 4.78 is 1.68. The summed E-state index contributed by atoms with van der Waals surface area (Å²) in [4.78, 5) is 19.3. The van der Waals surface area contributed by atoms with Crippen LogP contribution in [-0.2, 0) is 0 Å². The number of carbonyl (C=O) groups excluding carboxylic acids is 1. The number of nitrogens with zero attached hydrogens (tertiary/aromatic N) is 3. The highest BCUT2D eigenvalue weighted by Gasteiger charge is 2.23. The molecule has 0 aromatic heterocycles. The zero-order valence-electron chi connectivity index (χ0n) is 13.2. The minimum atomic E-state index is 0.0293. The number of rotatable bonds is 1. The number of fused-ring (bicyclic) bond motifs is 1. The van der Waals surface area contributed by atoms with Gasteiger partial charge in [-0.15, -0.1) is 0 Å². The lowest BCUT2D eigenvalue weighted by Gasteiger charge is -2.18. The average molecular weight is 305 g/mol. The van der Waals surface area contributed by atoms with Gasteiger partial charge in [-0.1, -0.05) is 29.8 Å². The summed E-state index contributed by atoms with van der Waals surface area (Å²) in [7, 11) is 0. The van der Waals surface area contributed by atoms with Crippen molar-refractivity contribution in [3.05, 3.63) is 54.2 Å². The summed E-state index contributed by atoms with van der Waals surface area (Å²) in [5.74, 6) is 0.736. The molecule has 3 heterocycles. The Morgan fingerprint density at radius 3 is 2.52 bits per heavy atom. The van der Waals surface area contributed by atoms with Crippen LogP contribution in [0.25, 0.3) is 22.6 Å². The topological polar surface area (TPSA) is 38.1 Å². The molecule has 23 heavy (non-hydrogen) atoms. The third-order valence-corrected chi connectivity index (χ3v) is 4.45. The molecule has 0 radical (unpaired) electrons. The monoisotopic (exact) mass is 305 g/mol. The maximum atomic E-state index is 12.7. The maximum absolute atomic E-state index is 12.7. The van der Waals surface area contributed by atoms with Crippen molar-refractivity contribution in [2.45, 2.75) is 19.8 Å². The Morgan fingerprint density at radius 1 is 1.04 bits per heavy atom. The maximum Gasteiger partial charge on any atom is 0.329 e. The second kappa shape index (κ2) is 5.54. The van der Waals surface area contributed by atoms with E-state index in [1.165, 1.54) is 5.56 Å². The Morgan fingerprint density at radius 2 is 1.78 bits per heavy atom. The fourth-order valence-electron chi connectivity index (χ4n) is 3.13. The number of carbonyl (C=O) groups is 1. The highest BCUT2D eigenvalue weighted by molar-refractivity contribution is 5.84. The first-order valence-electron chi connectivity index (χ1n) is 8.07. The summed E-state index contributed by atoms with van der Waals surface area (Å²) in [6.45, 7) is 3.75. The third-order valence-electron chi connectivity index (χ3n) is 4.45. The molecular weight excluding hydrogens is 286 g/mol. The van der Waals surface area contributed by atoms with Crippen LogP contribution < -0.4 is 0 Å². The van der Waals surface area contributed by atoms with Crippen molar-refractivity contribution in [2.24, 2.45) is 0 Å². The van der Waals surface area contributed by atoms with Gasteiger partial charge in [0.2, 0.25) is 0 Å². The fourth-order valence-corrected chi connectivity index (χ4v) is 3.13. The van der Waals surface area contributed by atoms with Gasteiger partial charge < -0.3 is 4.90 Å². The molecule has 3 aliphatic rings. The predicted molar refractivity (Wildman–Crippen MR) is 90.6 cm³/mol. The average Bonchev–Trinajstić information content (AvgIpc) is 3.24. The minimum absolute atomic E-state index is 0.0293. The zero-order chi connectivity index (χ0) is 15.8. The first-order valence-corrected chi connectivity index (χ1v) is 8.07. The first kappa shape index (κ1) is 14.0. The van der Waals surface area contributed by atoms with Gasteiger partial charge in [-0.25, -0.2) is 9.78 Å². The normalized spacial score (nSPS) is 14.6.